The van der Waals surface area contributed by atoms with E-state index in [2.05, 4.69) is 36.6 Å². The van der Waals surface area contributed by atoms with Gasteiger partial charge in [0.25, 0.3) is 0 Å². The number of nitrogens with two attached hydrogens (primary N) is 1. The maximum Gasteiger partial charge on any atom is 0.0964 e. The van der Waals surface area contributed by atoms with E-state index < -0.39 is 0 Å². The molecule has 1 heterocycles. The maximum atomic E-state index is 5.82. The summed E-state index contributed by atoms with van der Waals surface area (Å²) in [7, 11) is 0. The monoisotopic (exact) mass is 244 g/mol. The summed E-state index contributed by atoms with van der Waals surface area (Å²) in [5, 5.41) is 3.41. The van der Waals surface area contributed by atoms with Crippen molar-refractivity contribution in [2.45, 2.75) is 31.7 Å². The van der Waals surface area contributed by atoms with Crippen molar-refractivity contribution in [2.75, 3.05) is 0 Å². The number of benzene rings is 1. The summed E-state index contributed by atoms with van der Waals surface area (Å²) in [6, 6.07) is 8.94. The number of nitrogens with zero attached hydrogens (tertiary/aromatic N) is 1. The van der Waals surface area contributed by atoms with Gasteiger partial charge in [0.2, 0.25) is 0 Å². The smallest absolute Gasteiger partial charge is 0.0964 e. The van der Waals surface area contributed by atoms with Gasteiger partial charge in [0.05, 0.1) is 10.7 Å². The van der Waals surface area contributed by atoms with Crippen molar-refractivity contribution >= 4 is 11.3 Å². The third-order valence-electron chi connectivity index (χ3n) is 3.39. The second-order valence-electron chi connectivity index (χ2n) is 4.87. The van der Waals surface area contributed by atoms with E-state index in [9.17, 15) is 0 Å². The highest BCUT2D eigenvalue weighted by Gasteiger charge is 2.29. The number of hydrogen-bond acceptors (Lipinski definition) is 3. The Labute approximate surface area is 106 Å². The van der Waals surface area contributed by atoms with Gasteiger partial charge in [-0.25, -0.2) is 4.98 Å². The van der Waals surface area contributed by atoms with Crippen LogP contribution < -0.4 is 5.73 Å². The Morgan fingerprint density at radius 3 is 2.59 bits per heavy atom. The first-order valence-electron chi connectivity index (χ1n) is 6.00. The Balaban J connectivity index is 1.82. The molecule has 0 bridgehead atoms. The first-order chi connectivity index (χ1) is 8.22. The Morgan fingerprint density at radius 2 is 1.94 bits per heavy atom. The molecule has 1 fully saturated rings. The zero-order chi connectivity index (χ0) is 11.8. The van der Waals surface area contributed by atoms with Crippen molar-refractivity contribution in [2.24, 2.45) is 5.73 Å². The van der Waals surface area contributed by atoms with Gasteiger partial charge in [-0.1, -0.05) is 29.8 Å². The fourth-order valence-electron chi connectivity index (χ4n) is 2.20. The van der Waals surface area contributed by atoms with Gasteiger partial charge in [-0.2, -0.15) is 0 Å². The highest BCUT2D eigenvalue weighted by atomic mass is 32.1. The van der Waals surface area contributed by atoms with Crippen LogP contribution in [0, 0.1) is 6.92 Å². The molecule has 1 aromatic carbocycles. The molecule has 3 rings (SSSR count). The van der Waals surface area contributed by atoms with Gasteiger partial charge >= 0.3 is 0 Å². The van der Waals surface area contributed by atoms with E-state index in [0.29, 0.717) is 12.0 Å². The molecule has 88 valence electrons. The predicted molar refractivity (Wildman–Crippen MR) is 72.2 cm³/mol. The van der Waals surface area contributed by atoms with Crippen LogP contribution in [0.25, 0.3) is 11.3 Å². The van der Waals surface area contributed by atoms with Crippen molar-refractivity contribution in [1.82, 2.24) is 4.98 Å². The third-order valence-corrected chi connectivity index (χ3v) is 4.40. The topological polar surface area (TPSA) is 38.9 Å². The molecule has 0 unspecified atom stereocenters. The summed E-state index contributed by atoms with van der Waals surface area (Å²) >= 11 is 1.77. The summed E-state index contributed by atoms with van der Waals surface area (Å²) < 4.78 is 0. The van der Waals surface area contributed by atoms with E-state index in [0.717, 1.165) is 18.5 Å². The lowest BCUT2D eigenvalue weighted by atomic mass is 9.81. The Kier molecular flexibility index (Phi) is 2.73. The molecule has 0 saturated heterocycles. The highest BCUT2D eigenvalue weighted by molar-refractivity contribution is 7.10. The van der Waals surface area contributed by atoms with Crippen LogP contribution in [0.4, 0.5) is 0 Å². The standard InChI is InChI=1S/C14H16N2S/c1-9-2-4-10(5-3-9)13-8-17-14(16-13)11-6-12(15)7-11/h2-5,8,11-12H,6-7,15H2,1H3. The zero-order valence-electron chi connectivity index (χ0n) is 9.89. The summed E-state index contributed by atoms with van der Waals surface area (Å²) in [5.74, 6) is 0.606. The van der Waals surface area contributed by atoms with Gasteiger partial charge in [-0.15, -0.1) is 11.3 Å². The number of aryl methyl sites for hydroxylation is 1. The van der Waals surface area contributed by atoms with Gasteiger partial charge in [0, 0.05) is 22.9 Å². The number of hydrogen-bond donors (Lipinski definition) is 1. The van der Waals surface area contributed by atoms with Crippen LogP contribution in [0.15, 0.2) is 29.6 Å². The lowest BCUT2D eigenvalue weighted by Gasteiger charge is -2.30. The van der Waals surface area contributed by atoms with E-state index in [4.69, 9.17) is 10.7 Å². The first kappa shape index (κ1) is 10.9. The predicted octanol–water partition coefficient (Wildman–Crippen LogP) is 3.32. The first-order valence-corrected chi connectivity index (χ1v) is 6.88. The lowest BCUT2D eigenvalue weighted by Crippen LogP contribution is -2.34. The molecular formula is C14H16N2S. The molecule has 1 aliphatic rings. The van der Waals surface area contributed by atoms with Crippen LogP contribution in [0.1, 0.15) is 29.3 Å². The van der Waals surface area contributed by atoms with Crippen molar-refractivity contribution < 1.29 is 0 Å². The normalized spacial score (nSPS) is 23.4. The third kappa shape index (κ3) is 2.13. The van der Waals surface area contributed by atoms with Gasteiger partial charge in [-0.3, -0.25) is 0 Å². The average molecular weight is 244 g/mol. The minimum Gasteiger partial charge on any atom is -0.328 e. The van der Waals surface area contributed by atoms with Crippen molar-refractivity contribution in [1.29, 1.82) is 0 Å². The molecule has 0 radical (unpaired) electrons. The summed E-state index contributed by atoms with van der Waals surface area (Å²) in [6.07, 6.45) is 2.20. The average Bonchev–Trinajstić information content (AvgIpc) is 2.75. The number of aromatic nitrogens is 1. The van der Waals surface area contributed by atoms with E-state index in [1.165, 1.54) is 16.1 Å². The fraction of sp³-hybridized carbons (Fsp3) is 0.357. The summed E-state index contributed by atoms with van der Waals surface area (Å²) in [5.41, 5.74) is 9.42. The quantitative estimate of drug-likeness (QED) is 0.880. The maximum absolute atomic E-state index is 5.82. The Bertz CT molecular complexity index is 509. The van der Waals surface area contributed by atoms with Gasteiger partial charge in [0.15, 0.2) is 0 Å². The lowest BCUT2D eigenvalue weighted by molar-refractivity contribution is 0.351. The highest BCUT2D eigenvalue weighted by Crippen LogP contribution is 2.38. The molecule has 2 nitrogen and oxygen atoms in total. The number of thiazole rings is 1. The van der Waals surface area contributed by atoms with Crippen LogP contribution in [-0.2, 0) is 0 Å². The van der Waals surface area contributed by atoms with Crippen molar-refractivity contribution in [3.05, 3.63) is 40.2 Å². The van der Waals surface area contributed by atoms with Crippen molar-refractivity contribution in [3.8, 4) is 11.3 Å². The van der Waals surface area contributed by atoms with Crippen LogP contribution in [0.5, 0.6) is 0 Å². The Hall–Kier alpha value is -1.19. The van der Waals surface area contributed by atoms with Crippen LogP contribution >= 0.6 is 11.3 Å². The number of rotatable bonds is 2. The van der Waals surface area contributed by atoms with E-state index in [1.807, 2.05) is 0 Å². The molecule has 0 aliphatic heterocycles. The Morgan fingerprint density at radius 1 is 1.24 bits per heavy atom. The van der Waals surface area contributed by atoms with Crippen LogP contribution in [0.2, 0.25) is 0 Å². The molecule has 1 aromatic heterocycles. The molecule has 3 heteroatoms. The molecule has 1 saturated carbocycles. The molecular weight excluding hydrogens is 228 g/mol. The largest absolute Gasteiger partial charge is 0.328 e. The zero-order valence-corrected chi connectivity index (χ0v) is 10.7. The van der Waals surface area contributed by atoms with E-state index in [1.54, 1.807) is 11.3 Å². The molecule has 2 aromatic rings. The molecule has 0 spiro atoms. The van der Waals surface area contributed by atoms with E-state index >= 15 is 0 Å². The van der Waals surface area contributed by atoms with E-state index in [-0.39, 0.29) is 0 Å². The van der Waals surface area contributed by atoms with Crippen LogP contribution in [-0.4, -0.2) is 11.0 Å². The molecule has 2 N–H and O–H groups in total. The molecule has 0 atom stereocenters. The molecule has 17 heavy (non-hydrogen) atoms. The SMILES string of the molecule is Cc1ccc(-c2csc(C3CC(N)C3)n2)cc1. The summed E-state index contributed by atoms with van der Waals surface area (Å²) in [4.78, 5) is 4.73. The second-order valence-corrected chi connectivity index (χ2v) is 5.76. The summed E-state index contributed by atoms with van der Waals surface area (Å²) in [6.45, 7) is 2.10. The minimum absolute atomic E-state index is 0.395. The molecule has 0 amide bonds. The van der Waals surface area contributed by atoms with Crippen LogP contribution in [0.3, 0.4) is 0 Å². The van der Waals surface area contributed by atoms with Gasteiger partial charge in [0.1, 0.15) is 0 Å². The second kappa shape index (κ2) is 4.24. The minimum atomic E-state index is 0.395. The fourth-order valence-corrected chi connectivity index (χ4v) is 3.15. The van der Waals surface area contributed by atoms with Gasteiger partial charge in [-0.05, 0) is 19.8 Å². The molecule has 1 aliphatic carbocycles. The van der Waals surface area contributed by atoms with Crippen molar-refractivity contribution in [3.63, 3.8) is 0 Å². The van der Waals surface area contributed by atoms with Gasteiger partial charge < -0.3 is 5.73 Å².